The van der Waals surface area contributed by atoms with E-state index in [2.05, 4.69) is 10.6 Å². The van der Waals surface area contributed by atoms with Gasteiger partial charge in [0.25, 0.3) is 5.92 Å². The van der Waals surface area contributed by atoms with E-state index >= 15 is 8.78 Å². The molecule has 66 heavy (non-hydrogen) atoms. The first-order chi connectivity index (χ1) is 31.8. The lowest BCUT2D eigenvalue weighted by molar-refractivity contribution is -0.332. The lowest BCUT2D eigenvalue weighted by Gasteiger charge is -2.53. The number of alkyl carbamates (subject to hydrolysis) is 1. The van der Waals surface area contributed by atoms with Gasteiger partial charge in [-0.25, -0.2) is 13.6 Å². The number of ether oxygens (including phenoxy) is 5. The van der Waals surface area contributed by atoms with Gasteiger partial charge in [0.2, 0.25) is 5.91 Å². The Morgan fingerprint density at radius 2 is 1.21 bits per heavy atom. The van der Waals surface area contributed by atoms with Gasteiger partial charge in [0.05, 0.1) is 37.9 Å². The van der Waals surface area contributed by atoms with Crippen LogP contribution in [0.5, 0.6) is 0 Å². The van der Waals surface area contributed by atoms with Gasteiger partial charge in [-0.05, 0) is 48.4 Å². The molecule has 2 amide bonds. The molecule has 0 bridgehead atoms. The summed E-state index contributed by atoms with van der Waals surface area (Å²) < 4.78 is 63.8. The number of esters is 1. The normalized spacial score (nSPS) is 20.4. The maximum atomic E-state index is 16.9. The summed E-state index contributed by atoms with van der Waals surface area (Å²) in [5.74, 6) is -5.82. The van der Waals surface area contributed by atoms with Gasteiger partial charge < -0.3 is 34.3 Å². The molecule has 356 valence electrons. The third kappa shape index (κ3) is 15.6. The summed E-state index contributed by atoms with van der Waals surface area (Å²) in [7, 11) is 0. The first kappa shape index (κ1) is 51.5. The number of unbranched alkanes of at least 4 members (excludes halogenated alkanes) is 3. The quantitative estimate of drug-likeness (QED) is 0.0466. The zero-order chi connectivity index (χ0) is 47.4. The van der Waals surface area contributed by atoms with Crippen molar-refractivity contribution in [2.75, 3.05) is 6.54 Å². The SMILES string of the molecule is CC[C@H]1O[C@@](C)(C(F)(F)CCCCCC[C@H](NC(=O)OCc2ccccc2)C(=O)NCC(=O)C[C@@H](C)C(=O)OCc2ccccc2)[C@H](OCc2ccccc2)[C@@H](OCc2ccccc2)[C@H]1C. The second-order valence-electron chi connectivity index (χ2n) is 17.4. The molecular weight excluding hydrogens is 847 g/mol. The van der Waals surface area contributed by atoms with Crippen LogP contribution in [-0.4, -0.2) is 66.2 Å². The fourth-order valence-electron chi connectivity index (χ4n) is 8.21. The lowest BCUT2D eigenvalue weighted by atomic mass is 9.76. The van der Waals surface area contributed by atoms with Gasteiger partial charge >= 0.3 is 12.1 Å². The molecule has 0 radical (unpaired) electrons. The third-order valence-electron chi connectivity index (χ3n) is 12.2. The van der Waals surface area contributed by atoms with E-state index in [9.17, 15) is 19.2 Å². The molecule has 0 aliphatic carbocycles. The summed E-state index contributed by atoms with van der Waals surface area (Å²) in [6, 6.07) is 36.2. The number of Topliss-reactive ketones (excluding diaryl/α,β-unsaturated/α-hetero) is 1. The van der Waals surface area contributed by atoms with Gasteiger partial charge in [-0.3, -0.25) is 14.4 Å². The van der Waals surface area contributed by atoms with Crippen LogP contribution in [0.1, 0.15) is 101 Å². The maximum absolute atomic E-state index is 16.9. The van der Waals surface area contributed by atoms with Crippen LogP contribution in [0.3, 0.4) is 0 Å². The van der Waals surface area contributed by atoms with Gasteiger partial charge in [-0.2, -0.15) is 0 Å². The Bertz CT molecular complexity index is 2080. The highest BCUT2D eigenvalue weighted by molar-refractivity contribution is 5.91. The molecule has 0 aromatic heterocycles. The molecule has 0 unspecified atom stereocenters. The minimum absolute atomic E-state index is 0.0232. The molecule has 0 spiro atoms. The van der Waals surface area contributed by atoms with E-state index in [0.29, 0.717) is 25.7 Å². The van der Waals surface area contributed by atoms with Gasteiger partial charge in [0, 0.05) is 18.8 Å². The number of hydrogen-bond donors (Lipinski definition) is 2. The van der Waals surface area contributed by atoms with Crippen LogP contribution in [0.4, 0.5) is 13.6 Å². The minimum atomic E-state index is -3.31. The number of amides is 2. The van der Waals surface area contributed by atoms with E-state index in [-0.39, 0.29) is 58.2 Å². The lowest BCUT2D eigenvalue weighted by Crippen LogP contribution is -2.68. The summed E-state index contributed by atoms with van der Waals surface area (Å²) in [5.41, 5.74) is 1.33. The largest absolute Gasteiger partial charge is 0.461 e. The molecule has 7 atom stereocenters. The zero-order valence-electron chi connectivity index (χ0n) is 38.6. The van der Waals surface area contributed by atoms with Gasteiger partial charge in [-0.15, -0.1) is 0 Å². The number of benzene rings is 4. The Balaban J connectivity index is 1.17. The Morgan fingerprint density at radius 3 is 1.76 bits per heavy atom. The molecule has 1 aliphatic rings. The molecule has 2 N–H and O–H groups in total. The molecule has 11 nitrogen and oxygen atoms in total. The number of carbonyl (C=O) groups excluding carboxylic acids is 4. The summed E-state index contributed by atoms with van der Waals surface area (Å²) >= 11 is 0. The predicted octanol–water partition coefficient (Wildman–Crippen LogP) is 10.1. The first-order valence-corrected chi connectivity index (χ1v) is 23.1. The van der Waals surface area contributed by atoms with E-state index in [1.165, 1.54) is 6.92 Å². The van der Waals surface area contributed by atoms with E-state index in [4.69, 9.17) is 23.7 Å². The number of halogens is 2. The highest BCUT2D eigenvalue weighted by atomic mass is 19.3. The van der Waals surface area contributed by atoms with Crippen molar-refractivity contribution in [3.63, 3.8) is 0 Å². The topological polar surface area (TPSA) is 138 Å². The molecule has 0 saturated carbocycles. The fourth-order valence-corrected chi connectivity index (χ4v) is 8.21. The van der Waals surface area contributed by atoms with E-state index in [1.807, 2.05) is 123 Å². The summed E-state index contributed by atoms with van der Waals surface area (Å²) in [6.07, 6.45) is -1.59. The molecule has 1 saturated heterocycles. The standard InChI is InChI=1S/C53H66F2N2O9/c1-5-46-39(3)47(62-34-40-22-12-8-13-23-40)48(63-35-41-24-14-9-15-25-41)52(4,66-46)53(54,55)31-21-7-6-20-30-45(57-51(61)65-37-43-28-18-11-19-29-43)49(59)56-33-44(58)32-38(2)50(60)64-36-42-26-16-10-17-27-42/h8-19,22-29,38-39,45-48H,5-7,20-21,30-37H2,1-4H3,(H,56,59)(H,57,61)/t38-,39+,45+,46-,47+,48-,52-/m1/s1. The molecule has 1 fully saturated rings. The van der Waals surface area contributed by atoms with Crippen molar-refractivity contribution in [2.24, 2.45) is 11.8 Å². The molecule has 5 rings (SSSR count). The minimum Gasteiger partial charge on any atom is -0.461 e. The number of nitrogens with one attached hydrogen (secondary N) is 2. The van der Waals surface area contributed by atoms with Crippen molar-refractivity contribution in [1.82, 2.24) is 10.6 Å². The van der Waals surface area contributed by atoms with Crippen molar-refractivity contribution >= 4 is 23.8 Å². The average molecular weight is 913 g/mol. The van der Waals surface area contributed by atoms with Crippen LogP contribution in [0.2, 0.25) is 0 Å². The number of ketones is 1. The number of rotatable bonds is 26. The third-order valence-corrected chi connectivity index (χ3v) is 12.2. The molecule has 1 aliphatic heterocycles. The van der Waals surface area contributed by atoms with Crippen LogP contribution in [0, 0.1) is 11.8 Å². The van der Waals surface area contributed by atoms with Crippen molar-refractivity contribution in [2.45, 2.75) is 141 Å². The van der Waals surface area contributed by atoms with Crippen LogP contribution in [-0.2, 0) is 64.5 Å². The molecule has 4 aromatic carbocycles. The van der Waals surface area contributed by atoms with E-state index in [0.717, 1.165) is 22.3 Å². The van der Waals surface area contributed by atoms with Gasteiger partial charge in [0.1, 0.15) is 25.4 Å². The Kier molecular flexibility index (Phi) is 20.3. The molecule has 1 heterocycles. The Hall–Kier alpha value is -5.50. The van der Waals surface area contributed by atoms with Crippen LogP contribution in [0.15, 0.2) is 121 Å². The van der Waals surface area contributed by atoms with E-state index < -0.39 is 72.0 Å². The second kappa shape index (κ2) is 26.0. The Morgan fingerprint density at radius 1 is 0.712 bits per heavy atom. The van der Waals surface area contributed by atoms with Crippen LogP contribution in [0.25, 0.3) is 0 Å². The second-order valence-corrected chi connectivity index (χ2v) is 17.4. The smallest absolute Gasteiger partial charge is 0.408 e. The monoisotopic (exact) mass is 912 g/mol. The predicted molar refractivity (Wildman–Crippen MR) is 247 cm³/mol. The van der Waals surface area contributed by atoms with Gasteiger partial charge in [-0.1, -0.05) is 161 Å². The van der Waals surface area contributed by atoms with Crippen molar-refractivity contribution in [3.8, 4) is 0 Å². The fraction of sp³-hybridized carbons (Fsp3) is 0.472. The average Bonchev–Trinajstić information content (AvgIpc) is 3.33. The summed E-state index contributed by atoms with van der Waals surface area (Å²) in [6.45, 7) is 6.95. The number of hydrogen-bond acceptors (Lipinski definition) is 9. The van der Waals surface area contributed by atoms with Crippen molar-refractivity contribution in [1.29, 1.82) is 0 Å². The van der Waals surface area contributed by atoms with Gasteiger partial charge in [0.15, 0.2) is 11.4 Å². The summed E-state index contributed by atoms with van der Waals surface area (Å²) in [5, 5.41) is 5.20. The molecular formula is C53H66F2N2O9. The van der Waals surface area contributed by atoms with Crippen molar-refractivity contribution < 1.29 is 51.6 Å². The maximum Gasteiger partial charge on any atom is 0.408 e. The zero-order valence-corrected chi connectivity index (χ0v) is 38.6. The Labute approximate surface area is 388 Å². The number of carbonyl (C=O) groups is 4. The molecule has 4 aromatic rings. The highest BCUT2D eigenvalue weighted by Gasteiger charge is 2.63. The highest BCUT2D eigenvalue weighted by Crippen LogP contribution is 2.48. The molecule has 13 heteroatoms. The van der Waals surface area contributed by atoms with Crippen LogP contribution < -0.4 is 10.6 Å². The van der Waals surface area contributed by atoms with E-state index in [1.54, 1.807) is 19.1 Å². The van der Waals surface area contributed by atoms with Crippen molar-refractivity contribution in [3.05, 3.63) is 144 Å². The van der Waals surface area contributed by atoms with Crippen LogP contribution >= 0.6 is 0 Å². The first-order valence-electron chi connectivity index (χ1n) is 23.1. The number of alkyl halides is 2. The summed E-state index contributed by atoms with van der Waals surface area (Å²) in [4.78, 5) is 51.7.